The molecule has 0 saturated heterocycles. The van der Waals surface area contributed by atoms with Crippen LogP contribution in [0.2, 0.25) is 0 Å². The summed E-state index contributed by atoms with van der Waals surface area (Å²) in [6.07, 6.45) is 11.6. The van der Waals surface area contributed by atoms with Gasteiger partial charge in [0.05, 0.1) is 19.3 Å². The highest BCUT2D eigenvalue weighted by Crippen LogP contribution is 2.15. The van der Waals surface area contributed by atoms with Gasteiger partial charge in [-0.2, -0.15) is 0 Å². The third-order valence-electron chi connectivity index (χ3n) is 4.58. The van der Waals surface area contributed by atoms with Gasteiger partial charge in [-0.1, -0.05) is 71.6 Å². The van der Waals surface area contributed by atoms with Gasteiger partial charge in [0, 0.05) is 6.42 Å². The van der Waals surface area contributed by atoms with Gasteiger partial charge in [0.15, 0.2) is 0 Å². The Bertz CT molecular complexity index is 291. The van der Waals surface area contributed by atoms with Gasteiger partial charge in [-0.3, -0.25) is 4.79 Å². The first-order valence-electron chi connectivity index (χ1n) is 9.90. The fourth-order valence-corrected chi connectivity index (χ4v) is 2.90. The molecule has 0 aromatic carbocycles. The van der Waals surface area contributed by atoms with E-state index in [1.54, 1.807) is 0 Å². The number of carbonyl (C=O) groups is 1. The Morgan fingerprint density at radius 2 is 1.17 bits per heavy atom. The average molecular weight is 345 g/mol. The Labute approximate surface area is 149 Å². The van der Waals surface area contributed by atoms with Crippen molar-refractivity contribution in [3.05, 3.63) is 0 Å². The van der Waals surface area contributed by atoms with Crippen LogP contribution in [0.25, 0.3) is 0 Å². The topological polar surface area (TPSA) is 66.8 Å². The van der Waals surface area contributed by atoms with E-state index in [0.29, 0.717) is 19.3 Å². The SMILES string of the molecule is COC(=O)CCCCCCC[C@H](O)[C@@H](O)CCCCCCC(C)C. The molecular formula is C20H40O4. The van der Waals surface area contributed by atoms with Crippen LogP contribution in [0, 0.1) is 5.92 Å². The summed E-state index contributed by atoms with van der Waals surface area (Å²) in [4.78, 5) is 11.0. The van der Waals surface area contributed by atoms with Gasteiger partial charge in [-0.15, -0.1) is 0 Å². The molecule has 0 aliphatic rings. The molecule has 0 bridgehead atoms. The summed E-state index contributed by atoms with van der Waals surface area (Å²) in [5.41, 5.74) is 0. The van der Waals surface area contributed by atoms with Gasteiger partial charge < -0.3 is 14.9 Å². The molecule has 0 unspecified atom stereocenters. The molecule has 0 amide bonds. The van der Waals surface area contributed by atoms with E-state index in [9.17, 15) is 15.0 Å². The van der Waals surface area contributed by atoms with E-state index in [2.05, 4.69) is 18.6 Å². The van der Waals surface area contributed by atoms with Crippen molar-refractivity contribution in [3.8, 4) is 0 Å². The number of methoxy groups -OCH3 is 1. The predicted octanol–water partition coefficient (Wildman–Crippen LogP) is 4.61. The maximum Gasteiger partial charge on any atom is 0.305 e. The fourth-order valence-electron chi connectivity index (χ4n) is 2.90. The molecule has 0 aliphatic carbocycles. The van der Waals surface area contributed by atoms with Crippen molar-refractivity contribution in [2.75, 3.05) is 7.11 Å². The summed E-state index contributed by atoms with van der Waals surface area (Å²) < 4.78 is 4.60. The number of aliphatic hydroxyl groups is 2. The van der Waals surface area contributed by atoms with Crippen molar-refractivity contribution in [1.29, 1.82) is 0 Å². The van der Waals surface area contributed by atoms with Crippen LogP contribution in [0.3, 0.4) is 0 Å². The molecule has 144 valence electrons. The Morgan fingerprint density at radius 3 is 1.62 bits per heavy atom. The molecule has 0 spiro atoms. The Kier molecular flexibility index (Phi) is 15.5. The lowest BCUT2D eigenvalue weighted by Crippen LogP contribution is -2.25. The van der Waals surface area contributed by atoms with Crippen molar-refractivity contribution >= 4 is 5.97 Å². The number of ether oxygens (including phenoxy) is 1. The summed E-state index contributed by atoms with van der Waals surface area (Å²) >= 11 is 0. The van der Waals surface area contributed by atoms with Gasteiger partial charge in [0.2, 0.25) is 0 Å². The molecule has 24 heavy (non-hydrogen) atoms. The van der Waals surface area contributed by atoms with Crippen molar-refractivity contribution in [1.82, 2.24) is 0 Å². The van der Waals surface area contributed by atoms with E-state index in [-0.39, 0.29) is 5.97 Å². The Hall–Kier alpha value is -0.610. The molecule has 4 heteroatoms. The molecule has 0 heterocycles. The van der Waals surface area contributed by atoms with Crippen molar-refractivity contribution in [2.45, 2.75) is 110 Å². The first-order valence-corrected chi connectivity index (χ1v) is 9.90. The quantitative estimate of drug-likeness (QED) is 0.317. The number of aliphatic hydroxyl groups excluding tert-OH is 2. The highest BCUT2D eigenvalue weighted by atomic mass is 16.5. The second-order valence-corrected chi connectivity index (χ2v) is 7.40. The van der Waals surface area contributed by atoms with Gasteiger partial charge in [-0.05, 0) is 25.2 Å². The van der Waals surface area contributed by atoms with Crippen LogP contribution in [0.5, 0.6) is 0 Å². The van der Waals surface area contributed by atoms with E-state index in [0.717, 1.165) is 50.9 Å². The fraction of sp³-hybridized carbons (Fsp3) is 0.950. The van der Waals surface area contributed by atoms with E-state index in [1.807, 2.05) is 0 Å². The largest absolute Gasteiger partial charge is 0.469 e. The number of rotatable bonds is 16. The highest BCUT2D eigenvalue weighted by Gasteiger charge is 2.15. The van der Waals surface area contributed by atoms with Crippen molar-refractivity contribution in [2.24, 2.45) is 5.92 Å². The molecule has 2 atom stereocenters. The van der Waals surface area contributed by atoms with E-state index < -0.39 is 12.2 Å². The zero-order chi connectivity index (χ0) is 18.2. The van der Waals surface area contributed by atoms with Gasteiger partial charge in [-0.25, -0.2) is 0 Å². The minimum Gasteiger partial charge on any atom is -0.469 e. The molecule has 0 rings (SSSR count). The number of hydrogen-bond donors (Lipinski definition) is 2. The average Bonchev–Trinajstić information content (AvgIpc) is 2.55. The lowest BCUT2D eigenvalue weighted by atomic mass is 9.99. The standard InChI is InChI=1S/C20H40O4/c1-17(2)13-9-7-8-11-15-19(22)18(21)14-10-5-4-6-12-16-20(23)24-3/h17-19,21-22H,4-16H2,1-3H3/t18-,19-/m0/s1. The van der Waals surface area contributed by atoms with Crippen LogP contribution >= 0.6 is 0 Å². The molecule has 0 saturated carbocycles. The summed E-state index contributed by atoms with van der Waals surface area (Å²) in [6.45, 7) is 4.50. The predicted molar refractivity (Wildman–Crippen MR) is 98.9 cm³/mol. The second kappa shape index (κ2) is 15.9. The van der Waals surface area contributed by atoms with Gasteiger partial charge in [0.1, 0.15) is 0 Å². The van der Waals surface area contributed by atoms with Crippen molar-refractivity contribution in [3.63, 3.8) is 0 Å². The van der Waals surface area contributed by atoms with E-state index >= 15 is 0 Å². The second-order valence-electron chi connectivity index (χ2n) is 7.40. The molecule has 0 aliphatic heterocycles. The molecule has 4 nitrogen and oxygen atoms in total. The Morgan fingerprint density at radius 1 is 0.750 bits per heavy atom. The van der Waals surface area contributed by atoms with Crippen LogP contribution in [0.1, 0.15) is 97.3 Å². The van der Waals surface area contributed by atoms with Crippen LogP contribution in [0.4, 0.5) is 0 Å². The minimum absolute atomic E-state index is 0.141. The lowest BCUT2D eigenvalue weighted by Gasteiger charge is -2.17. The molecule has 2 N–H and O–H groups in total. The van der Waals surface area contributed by atoms with Gasteiger partial charge in [0.25, 0.3) is 0 Å². The zero-order valence-electron chi connectivity index (χ0n) is 16.1. The molecule has 0 aromatic rings. The maximum absolute atomic E-state index is 11.0. The highest BCUT2D eigenvalue weighted by molar-refractivity contribution is 5.68. The smallest absolute Gasteiger partial charge is 0.305 e. The molecule has 0 aromatic heterocycles. The van der Waals surface area contributed by atoms with Crippen LogP contribution in [-0.4, -0.2) is 35.5 Å². The first-order chi connectivity index (χ1) is 11.5. The summed E-state index contributed by atoms with van der Waals surface area (Å²) in [5.74, 6) is 0.635. The lowest BCUT2D eigenvalue weighted by molar-refractivity contribution is -0.140. The Balaban J connectivity index is 3.42. The summed E-state index contributed by atoms with van der Waals surface area (Å²) in [5, 5.41) is 20.0. The van der Waals surface area contributed by atoms with Crippen LogP contribution in [0.15, 0.2) is 0 Å². The van der Waals surface area contributed by atoms with E-state index in [1.165, 1.54) is 26.4 Å². The summed E-state index contributed by atoms with van der Waals surface area (Å²) in [6, 6.07) is 0. The number of unbranched alkanes of at least 4 members (excludes halogenated alkanes) is 7. The first kappa shape index (κ1) is 23.4. The number of esters is 1. The third kappa shape index (κ3) is 14.9. The number of hydrogen-bond acceptors (Lipinski definition) is 4. The maximum atomic E-state index is 11.0. The van der Waals surface area contributed by atoms with Crippen LogP contribution < -0.4 is 0 Å². The molecule has 0 radical (unpaired) electrons. The van der Waals surface area contributed by atoms with Crippen LogP contribution in [-0.2, 0) is 9.53 Å². The zero-order valence-corrected chi connectivity index (χ0v) is 16.1. The molecule has 0 fully saturated rings. The number of carbonyl (C=O) groups excluding carboxylic acids is 1. The van der Waals surface area contributed by atoms with Crippen molar-refractivity contribution < 1.29 is 19.7 Å². The third-order valence-corrected chi connectivity index (χ3v) is 4.58. The van der Waals surface area contributed by atoms with Gasteiger partial charge >= 0.3 is 5.97 Å². The van der Waals surface area contributed by atoms with E-state index in [4.69, 9.17) is 0 Å². The minimum atomic E-state index is -0.587. The summed E-state index contributed by atoms with van der Waals surface area (Å²) in [7, 11) is 1.42. The molecular weight excluding hydrogens is 304 g/mol. The monoisotopic (exact) mass is 344 g/mol. The normalized spacial score (nSPS) is 13.9.